The molecule has 92 valence electrons. The number of hydrogen-bond acceptors (Lipinski definition) is 2. The number of nitrogens with one attached hydrogen (secondary N) is 2. The number of benzene rings is 1. The van der Waals surface area contributed by atoms with Gasteiger partial charge in [-0.2, -0.15) is 0 Å². The third-order valence-corrected chi connectivity index (χ3v) is 2.18. The summed E-state index contributed by atoms with van der Waals surface area (Å²) < 4.78 is 5.03. The van der Waals surface area contributed by atoms with E-state index in [1.54, 1.807) is 31.4 Å². The first-order valence-electron chi connectivity index (χ1n) is 5.56. The third-order valence-electron chi connectivity index (χ3n) is 2.18. The number of allylic oxidation sites excluding steroid dienone is 1. The van der Waals surface area contributed by atoms with Crippen molar-refractivity contribution in [2.24, 2.45) is 0 Å². The van der Waals surface area contributed by atoms with Gasteiger partial charge in [0.1, 0.15) is 5.75 Å². The number of rotatable bonds is 5. The molecule has 1 aromatic carbocycles. The molecule has 1 rings (SSSR count). The van der Waals surface area contributed by atoms with Crippen molar-refractivity contribution in [1.29, 1.82) is 0 Å². The molecule has 0 unspecified atom stereocenters. The molecule has 0 atom stereocenters. The van der Waals surface area contributed by atoms with E-state index in [2.05, 4.69) is 10.6 Å². The number of amides is 2. The summed E-state index contributed by atoms with van der Waals surface area (Å²) in [7, 11) is 1.61. The van der Waals surface area contributed by atoms with Gasteiger partial charge in [0.15, 0.2) is 0 Å². The first-order valence-corrected chi connectivity index (χ1v) is 5.56. The molecule has 0 aliphatic rings. The molecular weight excluding hydrogens is 216 g/mol. The van der Waals surface area contributed by atoms with Crippen molar-refractivity contribution in [3.8, 4) is 5.75 Å². The monoisotopic (exact) mass is 234 g/mol. The van der Waals surface area contributed by atoms with E-state index in [4.69, 9.17) is 4.74 Å². The maximum Gasteiger partial charge on any atom is 0.319 e. The van der Waals surface area contributed by atoms with Crippen LogP contribution < -0.4 is 15.4 Å². The molecule has 4 heteroatoms. The van der Waals surface area contributed by atoms with Crippen molar-refractivity contribution >= 4 is 11.7 Å². The Morgan fingerprint density at radius 3 is 2.65 bits per heavy atom. The fraction of sp³-hybridized carbons (Fsp3) is 0.308. The molecular formula is C13H18N2O2. The largest absolute Gasteiger partial charge is 0.497 e. The molecule has 0 aliphatic carbocycles. The van der Waals surface area contributed by atoms with E-state index in [9.17, 15) is 4.79 Å². The highest BCUT2D eigenvalue weighted by Crippen LogP contribution is 2.14. The first-order chi connectivity index (χ1) is 8.26. The van der Waals surface area contributed by atoms with E-state index in [0.29, 0.717) is 6.54 Å². The molecule has 4 nitrogen and oxygen atoms in total. The van der Waals surface area contributed by atoms with E-state index in [1.807, 2.05) is 19.1 Å². The van der Waals surface area contributed by atoms with Gasteiger partial charge in [0.05, 0.1) is 7.11 Å². The van der Waals surface area contributed by atoms with Gasteiger partial charge in [-0.3, -0.25) is 0 Å². The van der Waals surface area contributed by atoms with E-state index < -0.39 is 0 Å². The zero-order chi connectivity index (χ0) is 12.5. The average molecular weight is 234 g/mol. The Kier molecular flexibility index (Phi) is 5.64. The van der Waals surface area contributed by atoms with Crippen LogP contribution >= 0.6 is 0 Å². The van der Waals surface area contributed by atoms with Crippen LogP contribution in [0, 0.1) is 0 Å². The zero-order valence-corrected chi connectivity index (χ0v) is 10.2. The Balaban J connectivity index is 2.34. The molecule has 0 aromatic heterocycles. The Morgan fingerprint density at radius 1 is 1.35 bits per heavy atom. The molecule has 0 aliphatic heterocycles. The molecule has 0 bridgehead atoms. The summed E-state index contributed by atoms with van der Waals surface area (Å²) in [6, 6.07) is 7.00. The van der Waals surface area contributed by atoms with Crippen molar-refractivity contribution in [2.75, 3.05) is 19.0 Å². The summed E-state index contributed by atoms with van der Waals surface area (Å²) in [6.07, 6.45) is 4.81. The molecule has 2 amide bonds. The van der Waals surface area contributed by atoms with Crippen LogP contribution in [-0.2, 0) is 0 Å². The van der Waals surface area contributed by atoms with Crippen molar-refractivity contribution in [3.05, 3.63) is 36.4 Å². The topological polar surface area (TPSA) is 50.4 Å². The number of methoxy groups -OCH3 is 1. The number of ether oxygens (including phenoxy) is 1. The lowest BCUT2D eigenvalue weighted by atomic mass is 10.3. The van der Waals surface area contributed by atoms with Gasteiger partial charge >= 0.3 is 6.03 Å². The van der Waals surface area contributed by atoms with E-state index in [-0.39, 0.29) is 6.03 Å². The maximum absolute atomic E-state index is 11.5. The Hall–Kier alpha value is -1.97. The van der Waals surface area contributed by atoms with E-state index in [0.717, 1.165) is 17.9 Å². The van der Waals surface area contributed by atoms with Gasteiger partial charge in [0.25, 0.3) is 0 Å². The number of carbonyl (C=O) groups excluding carboxylic acids is 1. The highest BCUT2D eigenvalue weighted by Gasteiger charge is 2.00. The molecule has 0 heterocycles. The second kappa shape index (κ2) is 7.33. The lowest BCUT2D eigenvalue weighted by Gasteiger charge is -2.07. The van der Waals surface area contributed by atoms with Crippen LogP contribution in [0.2, 0.25) is 0 Å². The highest BCUT2D eigenvalue weighted by atomic mass is 16.5. The quantitative estimate of drug-likeness (QED) is 0.608. The Bertz CT molecular complexity index is 372. The smallest absolute Gasteiger partial charge is 0.319 e. The van der Waals surface area contributed by atoms with Crippen LogP contribution in [0.15, 0.2) is 36.4 Å². The standard InChI is InChI=1S/C13H18N2O2/c1-3-4-5-10-14-13(16)15-11-6-8-12(17-2)9-7-11/h3-4,6-9H,5,10H2,1-2H3,(H2,14,15,16)/b4-3+. The summed E-state index contributed by atoms with van der Waals surface area (Å²) in [6.45, 7) is 2.59. The van der Waals surface area contributed by atoms with Crippen LogP contribution in [0.3, 0.4) is 0 Å². The molecule has 0 spiro atoms. The van der Waals surface area contributed by atoms with Gasteiger partial charge < -0.3 is 15.4 Å². The molecule has 0 saturated heterocycles. The van der Waals surface area contributed by atoms with E-state index >= 15 is 0 Å². The van der Waals surface area contributed by atoms with Crippen molar-refractivity contribution < 1.29 is 9.53 Å². The van der Waals surface area contributed by atoms with E-state index in [1.165, 1.54) is 0 Å². The normalized spacial score (nSPS) is 10.2. The summed E-state index contributed by atoms with van der Waals surface area (Å²) in [5.74, 6) is 0.768. The van der Waals surface area contributed by atoms with Crippen LogP contribution in [0.1, 0.15) is 13.3 Å². The SMILES string of the molecule is C/C=C/CCNC(=O)Nc1ccc(OC)cc1. The van der Waals surface area contributed by atoms with Gasteiger partial charge in [0, 0.05) is 12.2 Å². The third kappa shape index (κ3) is 5.06. The number of anilines is 1. The predicted octanol–water partition coefficient (Wildman–Crippen LogP) is 2.78. The van der Waals surface area contributed by atoms with Gasteiger partial charge in [-0.25, -0.2) is 4.79 Å². The molecule has 0 saturated carbocycles. The van der Waals surface area contributed by atoms with Gasteiger partial charge in [-0.1, -0.05) is 12.2 Å². The molecule has 17 heavy (non-hydrogen) atoms. The predicted molar refractivity (Wildman–Crippen MR) is 69.4 cm³/mol. The minimum atomic E-state index is -0.195. The maximum atomic E-state index is 11.5. The number of urea groups is 1. The van der Waals surface area contributed by atoms with Gasteiger partial charge in [-0.05, 0) is 37.6 Å². The Labute approximate surface area is 102 Å². The number of hydrogen-bond donors (Lipinski definition) is 2. The molecule has 1 aromatic rings. The van der Waals surface area contributed by atoms with Gasteiger partial charge in [0.2, 0.25) is 0 Å². The molecule has 0 fully saturated rings. The number of carbonyl (C=O) groups is 1. The average Bonchev–Trinajstić information content (AvgIpc) is 2.36. The van der Waals surface area contributed by atoms with Crippen LogP contribution in [0.25, 0.3) is 0 Å². The summed E-state index contributed by atoms with van der Waals surface area (Å²) in [5.41, 5.74) is 0.745. The first kappa shape index (κ1) is 13.1. The minimum Gasteiger partial charge on any atom is -0.497 e. The molecule has 2 N–H and O–H groups in total. The van der Waals surface area contributed by atoms with Crippen LogP contribution in [0.4, 0.5) is 10.5 Å². The van der Waals surface area contributed by atoms with Crippen molar-refractivity contribution in [3.63, 3.8) is 0 Å². The summed E-state index contributed by atoms with van der Waals surface area (Å²) in [4.78, 5) is 11.5. The zero-order valence-electron chi connectivity index (χ0n) is 10.2. The lowest BCUT2D eigenvalue weighted by molar-refractivity contribution is 0.252. The van der Waals surface area contributed by atoms with Crippen LogP contribution in [-0.4, -0.2) is 19.7 Å². The second-order valence-corrected chi connectivity index (χ2v) is 3.47. The van der Waals surface area contributed by atoms with Crippen LogP contribution in [0.5, 0.6) is 5.75 Å². The highest BCUT2D eigenvalue weighted by molar-refractivity contribution is 5.89. The van der Waals surface area contributed by atoms with Gasteiger partial charge in [-0.15, -0.1) is 0 Å². The fourth-order valence-corrected chi connectivity index (χ4v) is 1.29. The van der Waals surface area contributed by atoms with Crippen molar-refractivity contribution in [1.82, 2.24) is 5.32 Å². The Morgan fingerprint density at radius 2 is 2.06 bits per heavy atom. The second-order valence-electron chi connectivity index (χ2n) is 3.47. The lowest BCUT2D eigenvalue weighted by Crippen LogP contribution is -2.29. The summed E-state index contributed by atoms with van der Waals surface area (Å²) in [5, 5.41) is 5.50. The fourth-order valence-electron chi connectivity index (χ4n) is 1.29. The summed E-state index contributed by atoms with van der Waals surface area (Å²) >= 11 is 0. The van der Waals surface area contributed by atoms with Crippen molar-refractivity contribution in [2.45, 2.75) is 13.3 Å². The minimum absolute atomic E-state index is 0.195. The molecule has 0 radical (unpaired) electrons.